The Morgan fingerprint density at radius 1 is 1.47 bits per heavy atom. The number of aliphatic hydroxyl groups is 1. The monoisotopic (exact) mass is 243 g/mol. The number of nitrogens with one attached hydrogen (secondary N) is 1. The van der Waals surface area contributed by atoms with Crippen molar-refractivity contribution in [3.05, 3.63) is 0 Å². The molecule has 0 radical (unpaired) electrons. The standard InChI is InChI=1S/C13H29N3O/c1-4-7-14-12(11-17)5-8-16-9-6-13(10-16)15(2)3/h12-14,17H,4-11H2,1-3H3. The maximum atomic E-state index is 9.28. The molecule has 0 spiro atoms. The minimum absolute atomic E-state index is 0.255. The fraction of sp³-hybridized carbons (Fsp3) is 1.00. The summed E-state index contributed by atoms with van der Waals surface area (Å²) in [7, 11) is 4.32. The number of nitrogens with zero attached hydrogens (tertiary/aromatic N) is 2. The number of aliphatic hydroxyl groups excluding tert-OH is 1. The van der Waals surface area contributed by atoms with E-state index < -0.39 is 0 Å². The van der Waals surface area contributed by atoms with Crippen LogP contribution in [0.5, 0.6) is 0 Å². The molecule has 0 aromatic rings. The van der Waals surface area contributed by atoms with Crippen molar-refractivity contribution in [1.82, 2.24) is 15.1 Å². The smallest absolute Gasteiger partial charge is 0.0585 e. The summed E-state index contributed by atoms with van der Waals surface area (Å²) in [6.07, 6.45) is 3.46. The van der Waals surface area contributed by atoms with Crippen LogP contribution >= 0.6 is 0 Å². The van der Waals surface area contributed by atoms with Crippen LogP contribution in [-0.2, 0) is 0 Å². The molecule has 0 amide bonds. The van der Waals surface area contributed by atoms with Gasteiger partial charge in [-0.2, -0.15) is 0 Å². The maximum Gasteiger partial charge on any atom is 0.0585 e. The molecule has 0 bridgehead atoms. The van der Waals surface area contributed by atoms with Gasteiger partial charge < -0.3 is 20.2 Å². The van der Waals surface area contributed by atoms with Gasteiger partial charge >= 0.3 is 0 Å². The van der Waals surface area contributed by atoms with Gasteiger partial charge in [-0.25, -0.2) is 0 Å². The van der Waals surface area contributed by atoms with E-state index >= 15 is 0 Å². The average Bonchev–Trinajstić information content (AvgIpc) is 2.78. The van der Waals surface area contributed by atoms with Crippen molar-refractivity contribution >= 4 is 0 Å². The highest BCUT2D eigenvalue weighted by atomic mass is 16.3. The van der Waals surface area contributed by atoms with Crippen molar-refractivity contribution in [2.75, 3.05) is 46.9 Å². The summed E-state index contributed by atoms with van der Waals surface area (Å²) >= 11 is 0. The fourth-order valence-electron chi connectivity index (χ4n) is 2.38. The fourth-order valence-corrected chi connectivity index (χ4v) is 2.38. The first-order valence-electron chi connectivity index (χ1n) is 6.90. The average molecular weight is 243 g/mol. The lowest BCUT2D eigenvalue weighted by molar-refractivity contribution is 0.211. The first kappa shape index (κ1) is 14.9. The number of rotatable bonds is 8. The van der Waals surface area contributed by atoms with Gasteiger partial charge in [-0.3, -0.25) is 0 Å². The summed E-state index contributed by atoms with van der Waals surface area (Å²) in [4.78, 5) is 4.83. The van der Waals surface area contributed by atoms with Gasteiger partial charge in [0.1, 0.15) is 0 Å². The summed E-state index contributed by atoms with van der Waals surface area (Å²) in [6, 6.07) is 0.986. The predicted molar refractivity (Wildman–Crippen MR) is 72.3 cm³/mol. The van der Waals surface area contributed by atoms with Gasteiger partial charge in [-0.05, 0) is 53.0 Å². The van der Waals surface area contributed by atoms with Crippen LogP contribution in [0.4, 0.5) is 0 Å². The molecule has 1 rings (SSSR count). The lowest BCUT2D eigenvalue weighted by atomic mass is 10.2. The zero-order chi connectivity index (χ0) is 12.7. The summed E-state index contributed by atoms with van der Waals surface area (Å²) in [5.41, 5.74) is 0. The molecule has 17 heavy (non-hydrogen) atoms. The van der Waals surface area contributed by atoms with Gasteiger partial charge in [0.2, 0.25) is 0 Å². The number of hydrogen-bond donors (Lipinski definition) is 2. The second-order valence-electron chi connectivity index (χ2n) is 5.33. The van der Waals surface area contributed by atoms with E-state index in [1.807, 2.05) is 0 Å². The Morgan fingerprint density at radius 3 is 2.76 bits per heavy atom. The first-order chi connectivity index (χ1) is 8.17. The van der Waals surface area contributed by atoms with E-state index in [1.54, 1.807) is 0 Å². The highest BCUT2D eigenvalue weighted by molar-refractivity contribution is 4.81. The Balaban J connectivity index is 2.17. The normalized spacial score (nSPS) is 23.5. The van der Waals surface area contributed by atoms with E-state index in [4.69, 9.17) is 0 Å². The molecule has 2 atom stereocenters. The van der Waals surface area contributed by atoms with Crippen LogP contribution in [0.25, 0.3) is 0 Å². The number of likely N-dealkylation sites (tertiary alicyclic amines) is 1. The maximum absolute atomic E-state index is 9.28. The molecule has 0 saturated carbocycles. The van der Waals surface area contributed by atoms with Crippen molar-refractivity contribution in [1.29, 1.82) is 0 Å². The largest absolute Gasteiger partial charge is 0.395 e. The molecule has 0 aliphatic carbocycles. The van der Waals surface area contributed by atoms with E-state index in [9.17, 15) is 5.11 Å². The molecule has 2 N–H and O–H groups in total. The Kier molecular flexibility index (Phi) is 7.04. The molecular weight excluding hydrogens is 214 g/mol. The highest BCUT2D eigenvalue weighted by Gasteiger charge is 2.23. The van der Waals surface area contributed by atoms with Gasteiger partial charge in [-0.1, -0.05) is 6.92 Å². The molecule has 102 valence electrons. The van der Waals surface area contributed by atoms with Crippen molar-refractivity contribution in [2.45, 2.75) is 38.3 Å². The number of hydrogen-bond acceptors (Lipinski definition) is 4. The van der Waals surface area contributed by atoms with Crippen LogP contribution in [0.1, 0.15) is 26.2 Å². The topological polar surface area (TPSA) is 38.7 Å². The van der Waals surface area contributed by atoms with Crippen LogP contribution in [0.2, 0.25) is 0 Å². The lowest BCUT2D eigenvalue weighted by Gasteiger charge is -2.22. The molecule has 4 nitrogen and oxygen atoms in total. The van der Waals surface area contributed by atoms with E-state index in [-0.39, 0.29) is 12.6 Å². The van der Waals surface area contributed by atoms with Gasteiger partial charge in [0.05, 0.1) is 6.61 Å². The van der Waals surface area contributed by atoms with Crippen LogP contribution < -0.4 is 5.32 Å². The van der Waals surface area contributed by atoms with Crippen molar-refractivity contribution in [3.63, 3.8) is 0 Å². The van der Waals surface area contributed by atoms with Gasteiger partial charge in [-0.15, -0.1) is 0 Å². The van der Waals surface area contributed by atoms with Crippen LogP contribution in [0, 0.1) is 0 Å². The first-order valence-corrected chi connectivity index (χ1v) is 6.90. The van der Waals surface area contributed by atoms with Crippen molar-refractivity contribution < 1.29 is 5.11 Å². The summed E-state index contributed by atoms with van der Waals surface area (Å²) in [5.74, 6) is 0. The summed E-state index contributed by atoms with van der Waals surface area (Å²) < 4.78 is 0. The number of likely N-dealkylation sites (N-methyl/N-ethyl adjacent to an activating group) is 1. The second-order valence-corrected chi connectivity index (χ2v) is 5.33. The summed E-state index contributed by atoms with van der Waals surface area (Å²) in [5, 5.41) is 12.7. The zero-order valence-corrected chi connectivity index (χ0v) is 11.7. The zero-order valence-electron chi connectivity index (χ0n) is 11.7. The second kappa shape index (κ2) is 8.03. The Morgan fingerprint density at radius 2 is 2.24 bits per heavy atom. The molecule has 1 aliphatic rings. The Labute approximate surface area is 106 Å². The van der Waals surface area contributed by atoms with Crippen LogP contribution in [-0.4, -0.2) is 73.9 Å². The molecule has 2 unspecified atom stereocenters. The van der Waals surface area contributed by atoms with Crippen LogP contribution in [0.3, 0.4) is 0 Å². The molecule has 1 aliphatic heterocycles. The third-order valence-corrected chi connectivity index (χ3v) is 3.67. The van der Waals surface area contributed by atoms with E-state index in [2.05, 4.69) is 36.1 Å². The van der Waals surface area contributed by atoms with Gasteiger partial charge in [0.15, 0.2) is 0 Å². The SMILES string of the molecule is CCCNC(CO)CCN1CCC(N(C)C)C1. The van der Waals surface area contributed by atoms with Crippen molar-refractivity contribution in [2.24, 2.45) is 0 Å². The summed E-state index contributed by atoms with van der Waals surface area (Å²) in [6.45, 7) is 6.90. The Hall–Kier alpha value is -0.160. The molecule has 1 saturated heterocycles. The van der Waals surface area contributed by atoms with Gasteiger partial charge in [0, 0.05) is 18.6 Å². The molecule has 1 heterocycles. The molecular formula is C13H29N3O. The minimum Gasteiger partial charge on any atom is -0.395 e. The third-order valence-electron chi connectivity index (χ3n) is 3.67. The molecule has 1 fully saturated rings. The minimum atomic E-state index is 0.255. The third kappa shape index (κ3) is 5.34. The molecule has 0 aromatic carbocycles. The van der Waals surface area contributed by atoms with E-state index in [0.29, 0.717) is 6.04 Å². The molecule has 4 heteroatoms. The van der Waals surface area contributed by atoms with E-state index in [0.717, 1.165) is 25.9 Å². The quantitative estimate of drug-likeness (QED) is 0.646. The van der Waals surface area contributed by atoms with Crippen LogP contribution in [0.15, 0.2) is 0 Å². The molecule has 0 aromatic heterocycles. The van der Waals surface area contributed by atoms with Gasteiger partial charge in [0.25, 0.3) is 0 Å². The lowest BCUT2D eigenvalue weighted by Crippen LogP contribution is -2.37. The Bertz CT molecular complexity index is 199. The highest BCUT2D eigenvalue weighted by Crippen LogP contribution is 2.13. The van der Waals surface area contributed by atoms with E-state index in [1.165, 1.54) is 19.5 Å². The van der Waals surface area contributed by atoms with Crippen molar-refractivity contribution in [3.8, 4) is 0 Å². The predicted octanol–water partition coefficient (Wildman–Crippen LogP) is 0.373.